The average Bonchev–Trinajstić information content (AvgIpc) is 2.93. The van der Waals surface area contributed by atoms with Crippen molar-refractivity contribution < 1.29 is 5.11 Å². The molecule has 2 aromatic rings. The molecule has 0 atom stereocenters. The largest absolute Gasteiger partial charge is 0.493 e. The first-order valence-electron chi connectivity index (χ1n) is 10.2. The molecule has 6 heteroatoms. The van der Waals surface area contributed by atoms with Crippen LogP contribution < -0.4 is 5.73 Å². The van der Waals surface area contributed by atoms with E-state index in [1.54, 1.807) is 0 Å². The Morgan fingerprint density at radius 2 is 1.59 bits per heavy atom. The Balaban J connectivity index is 1.84. The number of benzene rings is 1. The van der Waals surface area contributed by atoms with E-state index in [1.165, 1.54) is 57.8 Å². The smallest absolute Gasteiger partial charge is 0.220 e. The highest BCUT2D eigenvalue weighted by Gasteiger charge is 2.15. The van der Waals surface area contributed by atoms with E-state index in [9.17, 15) is 5.11 Å². The molecule has 0 bridgehead atoms. The third-order valence-electron chi connectivity index (χ3n) is 4.90. The fourth-order valence-corrected chi connectivity index (χ4v) is 3.49. The Kier molecular flexibility index (Phi) is 9.25. The molecule has 0 saturated carbocycles. The highest BCUT2D eigenvalue weighted by Crippen LogP contribution is 2.39. The summed E-state index contributed by atoms with van der Waals surface area (Å²) in [5.41, 5.74) is 6.79. The van der Waals surface area contributed by atoms with E-state index in [1.807, 2.05) is 28.8 Å². The van der Waals surface area contributed by atoms with E-state index in [0.717, 1.165) is 23.9 Å². The number of nitrogens with two attached hydrogens (primary N) is 1. The molecule has 0 aliphatic heterocycles. The van der Waals surface area contributed by atoms with E-state index in [-0.39, 0.29) is 11.0 Å². The maximum Gasteiger partial charge on any atom is 0.220 e. The molecule has 0 aliphatic carbocycles. The molecule has 148 valence electrons. The highest BCUT2D eigenvalue weighted by molar-refractivity contribution is 7.80. The van der Waals surface area contributed by atoms with Crippen LogP contribution in [0.25, 0.3) is 10.9 Å². The summed E-state index contributed by atoms with van der Waals surface area (Å²) in [5.74, 6) is 0.132. The fourth-order valence-electron chi connectivity index (χ4n) is 3.45. The number of unbranched alkanes of at least 4 members (excludes halogenated alkanes) is 9. The van der Waals surface area contributed by atoms with E-state index >= 15 is 0 Å². The van der Waals surface area contributed by atoms with Gasteiger partial charge in [-0.3, -0.25) is 0 Å². The molecule has 3 N–H and O–H groups in total. The summed E-state index contributed by atoms with van der Waals surface area (Å²) in [5, 5.41) is 19.2. The number of para-hydroxylation sites is 1. The maximum absolute atomic E-state index is 10.6. The van der Waals surface area contributed by atoms with Crippen LogP contribution in [-0.2, 0) is 6.54 Å². The second-order valence-corrected chi connectivity index (χ2v) is 7.48. The number of nitrogens with zero attached hydrogens (tertiary/aromatic N) is 3. The molecule has 0 radical (unpaired) electrons. The zero-order chi connectivity index (χ0) is 19.5. The molecule has 0 spiro atoms. The van der Waals surface area contributed by atoms with Crippen molar-refractivity contribution in [3.05, 3.63) is 24.3 Å². The van der Waals surface area contributed by atoms with Gasteiger partial charge in [0.25, 0.3) is 0 Å². The minimum absolute atomic E-state index is 0.0408. The van der Waals surface area contributed by atoms with Gasteiger partial charge in [0.05, 0.1) is 5.52 Å². The van der Waals surface area contributed by atoms with Crippen molar-refractivity contribution in [3.8, 4) is 5.88 Å². The molecule has 5 nitrogen and oxygen atoms in total. The zero-order valence-electron chi connectivity index (χ0n) is 16.4. The molecule has 1 aromatic carbocycles. The monoisotopic (exact) mass is 388 g/mol. The van der Waals surface area contributed by atoms with Crippen molar-refractivity contribution in [3.63, 3.8) is 0 Å². The third kappa shape index (κ3) is 6.61. The lowest BCUT2D eigenvalue weighted by Gasteiger charge is -2.07. The van der Waals surface area contributed by atoms with Crippen molar-refractivity contribution in [2.24, 2.45) is 16.0 Å². The Bertz CT molecular complexity index is 754. The molecule has 0 fully saturated rings. The van der Waals surface area contributed by atoms with Crippen LogP contribution in [0.2, 0.25) is 0 Å². The molecule has 1 heterocycles. The SMILES string of the molecule is CCCCCCCCCCCCn1c(O)c(N=NC(N)=S)c2ccccc21. The molecule has 27 heavy (non-hydrogen) atoms. The van der Waals surface area contributed by atoms with Crippen LogP contribution in [0.5, 0.6) is 5.88 Å². The number of aromatic nitrogens is 1. The second-order valence-electron chi connectivity index (χ2n) is 7.06. The second kappa shape index (κ2) is 11.7. The van der Waals surface area contributed by atoms with Crippen molar-refractivity contribution in [2.75, 3.05) is 0 Å². The standard InChI is InChI=1S/C21H32N4OS/c1-2-3-4-5-6-7-8-9-10-13-16-25-18-15-12-11-14-17(18)19(20(25)26)23-24-21(22)27/h11-12,14-15,26H,2-10,13,16H2,1H3,(H2,22,27). The predicted octanol–water partition coefficient (Wildman–Crippen LogP) is 6.60. The van der Waals surface area contributed by atoms with E-state index < -0.39 is 0 Å². The number of rotatable bonds is 12. The Morgan fingerprint density at radius 1 is 1.00 bits per heavy atom. The van der Waals surface area contributed by atoms with Crippen molar-refractivity contribution in [2.45, 2.75) is 77.7 Å². The van der Waals surface area contributed by atoms with Gasteiger partial charge in [-0.25, -0.2) is 0 Å². The summed E-state index contributed by atoms with van der Waals surface area (Å²) >= 11 is 4.75. The normalized spacial score (nSPS) is 11.6. The Morgan fingerprint density at radius 3 is 2.22 bits per heavy atom. The van der Waals surface area contributed by atoms with Gasteiger partial charge in [-0.05, 0) is 24.7 Å². The molecular weight excluding hydrogens is 356 g/mol. The van der Waals surface area contributed by atoms with Gasteiger partial charge in [0.15, 0.2) is 5.69 Å². The summed E-state index contributed by atoms with van der Waals surface area (Å²) in [6, 6.07) is 7.81. The molecule has 0 aliphatic rings. The predicted molar refractivity (Wildman–Crippen MR) is 117 cm³/mol. The minimum atomic E-state index is -0.0408. The number of aryl methyl sites for hydroxylation is 1. The lowest BCUT2D eigenvalue weighted by Crippen LogP contribution is -2.01. The first-order chi connectivity index (χ1) is 13.1. The number of hydrogen-bond acceptors (Lipinski definition) is 3. The zero-order valence-corrected chi connectivity index (χ0v) is 17.2. The fraction of sp³-hybridized carbons (Fsp3) is 0.571. The lowest BCUT2D eigenvalue weighted by molar-refractivity contribution is 0.415. The van der Waals surface area contributed by atoms with Gasteiger partial charge in [-0.15, -0.1) is 10.2 Å². The van der Waals surface area contributed by atoms with Crippen molar-refractivity contribution >= 4 is 33.9 Å². The molecule has 1 aromatic heterocycles. The quantitative estimate of drug-likeness (QED) is 0.244. The molecule has 0 amide bonds. The highest BCUT2D eigenvalue weighted by atomic mass is 32.1. The Hall–Kier alpha value is -1.95. The molecule has 2 rings (SSSR count). The van der Waals surface area contributed by atoms with Crippen molar-refractivity contribution in [1.29, 1.82) is 0 Å². The number of azo groups is 1. The van der Waals surface area contributed by atoms with Gasteiger partial charge < -0.3 is 15.4 Å². The number of hydrogen-bond donors (Lipinski definition) is 2. The summed E-state index contributed by atoms with van der Waals surface area (Å²) in [4.78, 5) is 0. The van der Waals surface area contributed by atoms with Gasteiger partial charge in [0.2, 0.25) is 11.0 Å². The first kappa shape index (κ1) is 21.4. The third-order valence-corrected chi connectivity index (χ3v) is 4.98. The lowest BCUT2D eigenvalue weighted by atomic mass is 10.1. The van der Waals surface area contributed by atoms with Crippen LogP contribution in [-0.4, -0.2) is 14.8 Å². The van der Waals surface area contributed by atoms with Crippen LogP contribution in [0.3, 0.4) is 0 Å². The maximum atomic E-state index is 10.6. The number of aromatic hydroxyl groups is 1. The van der Waals surface area contributed by atoms with E-state index in [0.29, 0.717) is 5.69 Å². The molecule has 0 saturated heterocycles. The summed E-state index contributed by atoms with van der Waals surface area (Å²) in [7, 11) is 0. The van der Waals surface area contributed by atoms with Gasteiger partial charge >= 0.3 is 0 Å². The van der Waals surface area contributed by atoms with Gasteiger partial charge in [-0.1, -0.05) is 82.9 Å². The molecule has 0 unspecified atom stereocenters. The van der Waals surface area contributed by atoms with Gasteiger partial charge in [0, 0.05) is 11.9 Å². The number of fused-ring (bicyclic) bond motifs is 1. The summed E-state index contributed by atoms with van der Waals surface area (Å²) < 4.78 is 1.91. The van der Waals surface area contributed by atoms with E-state index in [2.05, 4.69) is 17.2 Å². The summed E-state index contributed by atoms with van der Waals surface area (Å²) in [6.07, 6.45) is 12.9. The van der Waals surface area contributed by atoms with Crippen LogP contribution >= 0.6 is 12.2 Å². The van der Waals surface area contributed by atoms with Crippen LogP contribution in [0, 0.1) is 0 Å². The minimum Gasteiger partial charge on any atom is -0.493 e. The summed E-state index contributed by atoms with van der Waals surface area (Å²) in [6.45, 7) is 3.02. The average molecular weight is 389 g/mol. The van der Waals surface area contributed by atoms with Crippen LogP contribution in [0.15, 0.2) is 34.5 Å². The van der Waals surface area contributed by atoms with Crippen molar-refractivity contribution in [1.82, 2.24) is 4.57 Å². The van der Waals surface area contributed by atoms with E-state index in [4.69, 9.17) is 18.0 Å². The number of thiocarbonyl (C=S) groups is 1. The molecular formula is C21H32N4OS. The topological polar surface area (TPSA) is 75.9 Å². The van der Waals surface area contributed by atoms with Gasteiger partial charge in [-0.2, -0.15) is 0 Å². The Labute approximate surface area is 167 Å². The van der Waals surface area contributed by atoms with Crippen LogP contribution in [0.4, 0.5) is 5.69 Å². The van der Waals surface area contributed by atoms with Crippen LogP contribution in [0.1, 0.15) is 71.1 Å². The first-order valence-corrected chi connectivity index (χ1v) is 10.6. The van der Waals surface area contributed by atoms with Gasteiger partial charge in [0.1, 0.15) is 0 Å².